The molecule has 1 aromatic carbocycles. The molecular weight excluding hydrogens is 328 g/mol. The van der Waals surface area contributed by atoms with Crippen LogP contribution in [0.4, 0.5) is 17.6 Å². The Labute approximate surface area is 127 Å². The smallest absolute Gasteiger partial charge is 0.434 e. The lowest BCUT2D eigenvalue weighted by atomic mass is 10.2. The van der Waals surface area contributed by atoms with Crippen LogP contribution in [0.15, 0.2) is 24.4 Å². The lowest BCUT2D eigenvalue weighted by Gasteiger charge is -2.12. The summed E-state index contributed by atoms with van der Waals surface area (Å²) < 4.78 is 57.9. The second kappa shape index (κ2) is 5.96. The fraction of sp³-hybridized carbons (Fsp3) is 0.231. The van der Waals surface area contributed by atoms with Gasteiger partial charge in [-0.3, -0.25) is 0 Å². The average Bonchev–Trinajstić information content (AvgIpc) is 2.87. The van der Waals surface area contributed by atoms with Gasteiger partial charge in [0.1, 0.15) is 11.4 Å². The first-order valence-electron chi connectivity index (χ1n) is 6.03. The summed E-state index contributed by atoms with van der Waals surface area (Å²) in [5.41, 5.74) is -2.17. The van der Waals surface area contributed by atoms with Crippen LogP contribution in [0.2, 0.25) is 5.02 Å². The minimum Gasteiger partial charge on any atom is -0.462 e. The van der Waals surface area contributed by atoms with E-state index in [-0.39, 0.29) is 17.3 Å². The highest BCUT2D eigenvalue weighted by molar-refractivity contribution is 6.30. The normalized spacial score (nSPS) is 11.5. The van der Waals surface area contributed by atoms with E-state index < -0.39 is 29.2 Å². The number of benzene rings is 1. The van der Waals surface area contributed by atoms with Gasteiger partial charge in [0.05, 0.1) is 23.5 Å². The van der Waals surface area contributed by atoms with Crippen molar-refractivity contribution in [1.29, 1.82) is 0 Å². The maximum atomic E-state index is 13.2. The van der Waals surface area contributed by atoms with Gasteiger partial charge >= 0.3 is 12.1 Å². The quantitative estimate of drug-likeness (QED) is 0.631. The number of carbonyl (C=O) groups is 1. The predicted molar refractivity (Wildman–Crippen MR) is 69.5 cm³/mol. The Morgan fingerprint density at radius 1 is 1.41 bits per heavy atom. The van der Waals surface area contributed by atoms with Gasteiger partial charge < -0.3 is 4.74 Å². The van der Waals surface area contributed by atoms with Gasteiger partial charge in [0, 0.05) is 0 Å². The number of esters is 1. The molecule has 9 heteroatoms. The molecule has 0 saturated carbocycles. The second-order valence-electron chi connectivity index (χ2n) is 4.14. The number of carbonyl (C=O) groups excluding carboxylic acids is 1. The molecule has 0 bridgehead atoms. The van der Waals surface area contributed by atoms with Crippen LogP contribution < -0.4 is 0 Å². The molecule has 1 aromatic heterocycles. The van der Waals surface area contributed by atoms with E-state index >= 15 is 0 Å². The van der Waals surface area contributed by atoms with Crippen LogP contribution in [-0.2, 0) is 10.9 Å². The number of halogens is 5. The minimum atomic E-state index is -4.86. The van der Waals surface area contributed by atoms with E-state index in [0.29, 0.717) is 4.68 Å². The van der Waals surface area contributed by atoms with Crippen molar-refractivity contribution in [3.63, 3.8) is 0 Å². The Balaban J connectivity index is 2.61. The van der Waals surface area contributed by atoms with Crippen molar-refractivity contribution in [2.75, 3.05) is 6.61 Å². The van der Waals surface area contributed by atoms with Gasteiger partial charge in [-0.2, -0.15) is 18.3 Å². The number of ether oxygens (including phenoxy) is 1. The van der Waals surface area contributed by atoms with Gasteiger partial charge in [0.2, 0.25) is 0 Å². The van der Waals surface area contributed by atoms with E-state index in [1.807, 2.05) is 0 Å². The fourth-order valence-corrected chi connectivity index (χ4v) is 1.97. The summed E-state index contributed by atoms with van der Waals surface area (Å²) in [5.74, 6) is -1.92. The summed E-state index contributed by atoms with van der Waals surface area (Å²) in [5, 5.41) is 3.18. The Morgan fingerprint density at radius 2 is 2.09 bits per heavy atom. The second-order valence-corrected chi connectivity index (χ2v) is 4.54. The fourth-order valence-electron chi connectivity index (χ4n) is 1.79. The van der Waals surface area contributed by atoms with Crippen LogP contribution in [-0.4, -0.2) is 22.4 Å². The molecular formula is C13H9ClF4N2O2. The number of aromatic nitrogens is 2. The first-order valence-corrected chi connectivity index (χ1v) is 6.41. The van der Waals surface area contributed by atoms with Crippen LogP contribution in [0, 0.1) is 5.82 Å². The maximum Gasteiger partial charge on any atom is 0.434 e. The molecule has 0 aliphatic rings. The number of alkyl halides is 3. The highest BCUT2D eigenvalue weighted by Gasteiger charge is 2.41. The summed E-state index contributed by atoms with van der Waals surface area (Å²) in [6.45, 7) is 1.39. The largest absolute Gasteiger partial charge is 0.462 e. The van der Waals surface area contributed by atoms with Crippen molar-refractivity contribution < 1.29 is 27.1 Å². The molecule has 0 aliphatic heterocycles. The van der Waals surface area contributed by atoms with Crippen LogP contribution in [0.3, 0.4) is 0 Å². The van der Waals surface area contributed by atoms with Crippen molar-refractivity contribution in [2.24, 2.45) is 0 Å². The first kappa shape index (κ1) is 16.3. The molecule has 0 radical (unpaired) electrons. The van der Waals surface area contributed by atoms with Gasteiger partial charge in [0.15, 0.2) is 5.69 Å². The molecule has 0 amide bonds. The van der Waals surface area contributed by atoms with E-state index in [4.69, 9.17) is 11.6 Å². The Bertz CT molecular complexity index is 713. The van der Waals surface area contributed by atoms with Crippen LogP contribution in [0.5, 0.6) is 0 Å². The molecule has 0 saturated heterocycles. The van der Waals surface area contributed by atoms with Gasteiger partial charge in [-0.15, -0.1) is 0 Å². The van der Waals surface area contributed by atoms with Gasteiger partial charge in [0.25, 0.3) is 0 Å². The SMILES string of the molecule is CCOC(=O)c1cnn(-c2ccc(F)c(Cl)c2)c1C(F)(F)F. The van der Waals surface area contributed by atoms with Gasteiger partial charge in [-0.1, -0.05) is 11.6 Å². The van der Waals surface area contributed by atoms with Crippen molar-refractivity contribution in [1.82, 2.24) is 9.78 Å². The molecule has 2 rings (SSSR count). The van der Waals surface area contributed by atoms with Crippen molar-refractivity contribution in [3.05, 3.63) is 46.5 Å². The van der Waals surface area contributed by atoms with E-state index in [1.165, 1.54) is 6.92 Å². The zero-order valence-electron chi connectivity index (χ0n) is 11.1. The molecule has 0 N–H and O–H groups in total. The first-order chi connectivity index (χ1) is 10.3. The highest BCUT2D eigenvalue weighted by atomic mass is 35.5. The number of nitrogens with zero attached hydrogens (tertiary/aromatic N) is 2. The molecule has 0 fully saturated rings. The zero-order chi connectivity index (χ0) is 16.5. The zero-order valence-corrected chi connectivity index (χ0v) is 11.9. The monoisotopic (exact) mass is 336 g/mol. The molecule has 22 heavy (non-hydrogen) atoms. The molecule has 1 heterocycles. The lowest BCUT2D eigenvalue weighted by molar-refractivity contribution is -0.143. The molecule has 0 aliphatic carbocycles. The third-order valence-electron chi connectivity index (χ3n) is 2.68. The molecule has 0 spiro atoms. The van der Waals surface area contributed by atoms with Crippen molar-refractivity contribution >= 4 is 17.6 Å². The Morgan fingerprint density at radius 3 is 2.64 bits per heavy atom. The summed E-state index contributed by atoms with van der Waals surface area (Å²) >= 11 is 5.56. The average molecular weight is 337 g/mol. The van der Waals surface area contributed by atoms with Gasteiger partial charge in [-0.25, -0.2) is 13.9 Å². The number of hydrogen-bond donors (Lipinski definition) is 0. The third kappa shape index (κ3) is 3.06. The summed E-state index contributed by atoms with van der Waals surface area (Å²) in [6, 6.07) is 2.95. The van der Waals surface area contributed by atoms with E-state index in [2.05, 4.69) is 9.84 Å². The maximum absolute atomic E-state index is 13.2. The standard InChI is InChI=1S/C13H9ClF4N2O2/c1-2-22-12(21)8-6-19-20(11(8)13(16,17)18)7-3-4-10(15)9(14)5-7/h3-6H,2H2,1H3. The molecule has 4 nitrogen and oxygen atoms in total. The minimum absolute atomic E-state index is 0.0797. The van der Waals surface area contributed by atoms with Crippen molar-refractivity contribution in [2.45, 2.75) is 13.1 Å². The van der Waals surface area contributed by atoms with Crippen molar-refractivity contribution in [3.8, 4) is 5.69 Å². The Kier molecular flexibility index (Phi) is 4.41. The van der Waals surface area contributed by atoms with Crippen LogP contribution in [0.1, 0.15) is 23.0 Å². The predicted octanol–water partition coefficient (Wildman–Crippen LogP) is 3.86. The van der Waals surface area contributed by atoms with Crippen LogP contribution >= 0.6 is 11.6 Å². The summed E-state index contributed by atoms with van der Waals surface area (Å²) in [4.78, 5) is 11.6. The van der Waals surface area contributed by atoms with Crippen LogP contribution in [0.25, 0.3) is 5.69 Å². The topological polar surface area (TPSA) is 44.1 Å². The molecule has 2 aromatic rings. The highest BCUT2D eigenvalue weighted by Crippen LogP contribution is 2.34. The van der Waals surface area contributed by atoms with Gasteiger partial charge in [-0.05, 0) is 25.1 Å². The molecule has 0 atom stereocenters. The van der Waals surface area contributed by atoms with E-state index in [9.17, 15) is 22.4 Å². The van der Waals surface area contributed by atoms with E-state index in [1.54, 1.807) is 0 Å². The third-order valence-corrected chi connectivity index (χ3v) is 2.97. The number of hydrogen-bond acceptors (Lipinski definition) is 3. The molecule has 0 unspecified atom stereocenters. The Hall–Kier alpha value is -2.09. The summed E-state index contributed by atoms with van der Waals surface area (Å²) in [6.07, 6.45) is -4.11. The lowest BCUT2D eigenvalue weighted by Crippen LogP contribution is -2.18. The number of rotatable bonds is 3. The molecule has 118 valence electrons. The van der Waals surface area contributed by atoms with E-state index in [0.717, 1.165) is 24.4 Å². The summed E-state index contributed by atoms with van der Waals surface area (Å²) in [7, 11) is 0.